The van der Waals surface area contributed by atoms with E-state index in [1.54, 1.807) is 11.8 Å². The van der Waals surface area contributed by atoms with E-state index in [1.807, 2.05) is 13.0 Å². The van der Waals surface area contributed by atoms with Crippen LogP contribution in [0.2, 0.25) is 0 Å². The normalized spacial score (nSPS) is 49.0. The molecule has 34 heavy (non-hydrogen) atoms. The second-order valence-electron chi connectivity index (χ2n) is 12.4. The molecule has 2 unspecified atom stereocenters. The summed E-state index contributed by atoms with van der Waals surface area (Å²) < 4.78 is 6.34. The van der Waals surface area contributed by atoms with Gasteiger partial charge in [-0.25, -0.2) is 0 Å². The number of aliphatic hydroxyl groups excluding tert-OH is 1. The van der Waals surface area contributed by atoms with Gasteiger partial charge in [0.1, 0.15) is 11.9 Å². The second kappa shape index (κ2) is 9.55. The average molecular weight is 492 g/mol. The van der Waals surface area contributed by atoms with E-state index in [-0.39, 0.29) is 35.2 Å². The maximum atomic E-state index is 13.5. The van der Waals surface area contributed by atoms with E-state index in [4.69, 9.17) is 10.5 Å². The van der Waals surface area contributed by atoms with Crippen molar-refractivity contribution >= 4 is 23.5 Å². The second-order valence-corrected chi connectivity index (χ2v) is 13.7. The Kier molecular flexibility index (Phi) is 7.37. The summed E-state index contributed by atoms with van der Waals surface area (Å²) in [6, 6.07) is 0.230. The Bertz CT molecular complexity index is 818. The van der Waals surface area contributed by atoms with E-state index in [0.29, 0.717) is 29.6 Å². The lowest BCUT2D eigenvalue weighted by molar-refractivity contribution is -0.205. The van der Waals surface area contributed by atoms with Gasteiger partial charge in [0.05, 0.1) is 11.9 Å². The number of nitrogens with two attached hydrogens (primary N) is 1. The first-order chi connectivity index (χ1) is 16.0. The van der Waals surface area contributed by atoms with Crippen molar-refractivity contribution in [3.05, 3.63) is 12.7 Å². The van der Waals surface area contributed by atoms with Crippen LogP contribution in [-0.4, -0.2) is 46.1 Å². The predicted molar refractivity (Wildman–Crippen MR) is 137 cm³/mol. The molecule has 4 aliphatic carbocycles. The zero-order valence-corrected chi connectivity index (χ0v) is 22.4. The quantitative estimate of drug-likeness (QED) is 0.420. The number of rotatable bonds is 5. The summed E-state index contributed by atoms with van der Waals surface area (Å²) in [7, 11) is 0. The van der Waals surface area contributed by atoms with Crippen LogP contribution in [0.15, 0.2) is 12.7 Å². The minimum atomic E-state index is -0.629. The van der Waals surface area contributed by atoms with Gasteiger partial charge in [-0.15, -0.1) is 18.3 Å². The van der Waals surface area contributed by atoms with Gasteiger partial charge >= 0.3 is 5.97 Å². The molecule has 2 bridgehead atoms. The van der Waals surface area contributed by atoms with Crippen molar-refractivity contribution < 1.29 is 19.4 Å². The minimum Gasteiger partial charge on any atom is -0.461 e. The van der Waals surface area contributed by atoms with Crippen LogP contribution < -0.4 is 5.73 Å². The smallest absolute Gasteiger partial charge is 0.316 e. The number of thioether (sulfide) groups is 1. The number of ether oxygens (including phenoxy) is 1. The third-order valence-electron chi connectivity index (χ3n) is 10.7. The van der Waals surface area contributed by atoms with Gasteiger partial charge in [-0.05, 0) is 62.2 Å². The largest absolute Gasteiger partial charge is 0.461 e. The summed E-state index contributed by atoms with van der Waals surface area (Å²) in [5.41, 5.74) is 4.87. The van der Waals surface area contributed by atoms with E-state index in [0.717, 1.165) is 44.9 Å². The summed E-state index contributed by atoms with van der Waals surface area (Å²) in [5, 5.41) is 12.0. The molecule has 0 aromatic heterocycles. The van der Waals surface area contributed by atoms with Gasteiger partial charge in [0.25, 0.3) is 0 Å². The fraction of sp³-hybridized carbons (Fsp3) is 0.857. The molecular formula is C28H45NO4S. The first-order valence-corrected chi connectivity index (χ1v) is 14.4. The van der Waals surface area contributed by atoms with Crippen LogP contribution in [0.3, 0.4) is 0 Å². The van der Waals surface area contributed by atoms with Gasteiger partial charge in [-0.3, -0.25) is 9.59 Å². The molecule has 5 nitrogen and oxygen atoms in total. The van der Waals surface area contributed by atoms with Crippen LogP contribution in [0.5, 0.6) is 0 Å². The molecule has 0 radical (unpaired) electrons. The molecule has 0 aromatic carbocycles. The maximum Gasteiger partial charge on any atom is 0.316 e. The predicted octanol–water partition coefficient (Wildman–Crippen LogP) is 4.90. The molecule has 4 fully saturated rings. The lowest BCUT2D eigenvalue weighted by atomic mass is 9.44. The average Bonchev–Trinajstić information content (AvgIpc) is 3.16. The molecule has 0 aromatic rings. The van der Waals surface area contributed by atoms with E-state index in [9.17, 15) is 14.7 Å². The van der Waals surface area contributed by atoms with Crippen LogP contribution in [0.4, 0.5) is 0 Å². The number of hydrogen-bond donors (Lipinski definition) is 2. The molecule has 4 rings (SSSR count). The van der Waals surface area contributed by atoms with E-state index in [1.165, 1.54) is 0 Å². The zero-order chi connectivity index (χ0) is 24.9. The first kappa shape index (κ1) is 26.2. The molecule has 4 aliphatic rings. The van der Waals surface area contributed by atoms with Gasteiger partial charge in [0, 0.05) is 34.5 Å². The third-order valence-corrected chi connectivity index (χ3v) is 12.0. The first-order valence-electron chi connectivity index (χ1n) is 13.4. The Labute approximate surface area is 210 Å². The van der Waals surface area contributed by atoms with Crippen molar-refractivity contribution in [3.63, 3.8) is 0 Å². The van der Waals surface area contributed by atoms with Crippen LogP contribution in [-0.2, 0) is 14.3 Å². The standard InChI is InChI=1S/C28H45NO4S/c1-6-26(4)15-22(33-23(31)16-34-20-9-7-8-19(29)14-20)27(5)17(2)10-12-28(18(3)25(26)32)13-11-21(30)24(27)28/h6,17-20,22,24-25,32H,1,7-16,29H2,2-5H3/t17-,18+,19?,20?,22-,24+,25+,26-,27+,28+/m1/s1. The molecule has 6 heteroatoms. The number of esters is 1. The number of ketones is 1. The fourth-order valence-electron chi connectivity index (χ4n) is 8.21. The SMILES string of the molecule is C=C[C@]1(C)C[C@@H](OC(=O)CSC2CCCC(N)C2)[C@]2(C)[C@H](C)CC[C@]3(CCC(=O)[C@H]32)[C@@H](C)[C@@H]1O. The van der Waals surface area contributed by atoms with Crippen molar-refractivity contribution in [2.75, 3.05) is 5.75 Å². The number of hydrogen-bond acceptors (Lipinski definition) is 6. The van der Waals surface area contributed by atoms with Crippen molar-refractivity contribution in [2.45, 2.75) is 109 Å². The Hall–Kier alpha value is -0.850. The molecule has 3 N–H and O–H groups in total. The van der Waals surface area contributed by atoms with Gasteiger partial charge in [0.2, 0.25) is 0 Å². The van der Waals surface area contributed by atoms with Crippen LogP contribution in [0, 0.1) is 34.0 Å². The molecule has 4 saturated carbocycles. The van der Waals surface area contributed by atoms with Crippen LogP contribution in [0.25, 0.3) is 0 Å². The fourth-order valence-corrected chi connectivity index (χ4v) is 9.37. The molecule has 0 spiro atoms. The highest BCUT2D eigenvalue weighted by Crippen LogP contribution is 2.68. The third kappa shape index (κ3) is 4.20. The highest BCUT2D eigenvalue weighted by atomic mass is 32.2. The molecular weight excluding hydrogens is 446 g/mol. The van der Waals surface area contributed by atoms with Gasteiger partial charge in [0.15, 0.2) is 0 Å². The topological polar surface area (TPSA) is 89.6 Å². The van der Waals surface area contributed by atoms with Crippen LogP contribution in [0.1, 0.15) is 85.5 Å². The Morgan fingerprint density at radius 3 is 2.68 bits per heavy atom. The highest BCUT2D eigenvalue weighted by Gasteiger charge is 2.68. The van der Waals surface area contributed by atoms with Crippen molar-refractivity contribution in [2.24, 2.45) is 39.7 Å². The number of carbonyl (C=O) groups excluding carboxylic acids is 2. The Morgan fingerprint density at radius 2 is 2.00 bits per heavy atom. The molecule has 0 aliphatic heterocycles. The van der Waals surface area contributed by atoms with E-state index in [2.05, 4.69) is 27.4 Å². The monoisotopic (exact) mass is 491 g/mol. The highest BCUT2D eigenvalue weighted by molar-refractivity contribution is 8.00. The summed E-state index contributed by atoms with van der Waals surface area (Å²) in [6.07, 6.45) is 8.85. The summed E-state index contributed by atoms with van der Waals surface area (Å²) in [4.78, 5) is 26.7. The summed E-state index contributed by atoms with van der Waals surface area (Å²) in [6.45, 7) is 12.7. The molecule has 0 amide bonds. The zero-order valence-electron chi connectivity index (χ0n) is 21.6. The van der Waals surface area contributed by atoms with Crippen molar-refractivity contribution in [1.82, 2.24) is 0 Å². The number of carbonyl (C=O) groups is 2. The van der Waals surface area contributed by atoms with Crippen LogP contribution >= 0.6 is 11.8 Å². The lowest BCUT2D eigenvalue weighted by Crippen LogP contribution is -2.63. The molecule has 192 valence electrons. The van der Waals surface area contributed by atoms with Gasteiger partial charge in [-0.1, -0.05) is 40.2 Å². The van der Waals surface area contributed by atoms with Gasteiger partial charge < -0.3 is 15.6 Å². The Morgan fingerprint density at radius 1 is 1.26 bits per heavy atom. The van der Waals surface area contributed by atoms with Gasteiger partial charge in [-0.2, -0.15) is 0 Å². The maximum absolute atomic E-state index is 13.5. The Balaban J connectivity index is 1.63. The molecule has 0 heterocycles. The van der Waals surface area contributed by atoms with E-state index < -0.39 is 23.0 Å². The number of Topliss-reactive ketones (excluding diaryl/α,β-unsaturated/α-hetero) is 1. The minimum absolute atomic E-state index is 0.0125. The van der Waals surface area contributed by atoms with E-state index >= 15 is 0 Å². The lowest BCUT2D eigenvalue weighted by Gasteiger charge is -2.61. The van der Waals surface area contributed by atoms with Crippen molar-refractivity contribution in [3.8, 4) is 0 Å². The van der Waals surface area contributed by atoms with Crippen molar-refractivity contribution in [1.29, 1.82) is 0 Å². The summed E-state index contributed by atoms with van der Waals surface area (Å²) in [5.74, 6) is 0.462. The molecule has 0 saturated heterocycles. The number of aliphatic hydroxyl groups is 1. The summed E-state index contributed by atoms with van der Waals surface area (Å²) >= 11 is 1.66. The molecule has 10 atom stereocenters.